The van der Waals surface area contributed by atoms with E-state index >= 15 is 0 Å². The highest BCUT2D eigenvalue weighted by molar-refractivity contribution is 7.80. The second kappa shape index (κ2) is 6.41. The summed E-state index contributed by atoms with van der Waals surface area (Å²) in [5, 5.41) is 10.1. The summed E-state index contributed by atoms with van der Waals surface area (Å²) in [6.07, 6.45) is 11.7. The first-order valence-electron chi connectivity index (χ1n) is 10.6. The standard InChI is InChI=1S/C22H34O2S/c1-3-16(25)12-22-9-4-5-18(22)17-7-6-14-11-15(23)8-10-21(14,2)20(17)19(24)13-22/h14-15,17-18,20,23H,3-13H2,1-2H3/t14-,15+,17-,18-,20+,21-,22+/m0/s1. The van der Waals surface area contributed by atoms with Gasteiger partial charge < -0.3 is 5.11 Å². The number of aliphatic hydroxyl groups excluding tert-OH is 1. The van der Waals surface area contributed by atoms with Gasteiger partial charge in [0.2, 0.25) is 0 Å². The molecule has 0 amide bonds. The molecule has 7 atom stereocenters. The van der Waals surface area contributed by atoms with E-state index in [0.29, 0.717) is 23.5 Å². The van der Waals surface area contributed by atoms with Crippen LogP contribution in [0.25, 0.3) is 0 Å². The van der Waals surface area contributed by atoms with Gasteiger partial charge in [-0.25, -0.2) is 0 Å². The van der Waals surface area contributed by atoms with Gasteiger partial charge in [-0.2, -0.15) is 0 Å². The van der Waals surface area contributed by atoms with Crippen LogP contribution in [0, 0.1) is 34.5 Å². The van der Waals surface area contributed by atoms with Crippen LogP contribution in [-0.4, -0.2) is 21.9 Å². The van der Waals surface area contributed by atoms with Crippen molar-refractivity contribution in [2.45, 2.75) is 90.6 Å². The van der Waals surface area contributed by atoms with Gasteiger partial charge in [0.15, 0.2) is 0 Å². The Hall–Kier alpha value is -0.280. The van der Waals surface area contributed by atoms with Gasteiger partial charge in [0, 0.05) is 12.3 Å². The zero-order valence-corrected chi connectivity index (χ0v) is 16.7. The van der Waals surface area contributed by atoms with Crippen LogP contribution in [0.2, 0.25) is 0 Å². The van der Waals surface area contributed by atoms with Crippen LogP contribution in [0.4, 0.5) is 0 Å². The second-order valence-corrected chi connectivity index (χ2v) is 10.5. The molecule has 4 aliphatic rings. The predicted molar refractivity (Wildman–Crippen MR) is 105 cm³/mol. The van der Waals surface area contributed by atoms with E-state index in [4.69, 9.17) is 12.2 Å². The van der Waals surface area contributed by atoms with E-state index in [1.807, 2.05) is 0 Å². The SMILES string of the molecule is CCC(=S)C[C@@]12CCC[C@H]1[C@@H]1CC[C@H]3C[C@H](O)CC[C@]3(C)[C@H]1C(=O)C2. The Morgan fingerprint density at radius 3 is 2.80 bits per heavy atom. The normalized spacial score (nSPS) is 49.2. The quantitative estimate of drug-likeness (QED) is 0.709. The third-order valence-corrected chi connectivity index (χ3v) is 9.24. The van der Waals surface area contributed by atoms with Gasteiger partial charge in [0.1, 0.15) is 5.78 Å². The third kappa shape index (κ3) is 2.76. The van der Waals surface area contributed by atoms with E-state index in [0.717, 1.165) is 38.5 Å². The number of hydrogen-bond donors (Lipinski definition) is 1. The molecule has 4 rings (SSSR count). The van der Waals surface area contributed by atoms with Gasteiger partial charge in [-0.3, -0.25) is 4.79 Å². The monoisotopic (exact) mass is 362 g/mol. The lowest BCUT2D eigenvalue weighted by Crippen LogP contribution is -2.57. The van der Waals surface area contributed by atoms with Gasteiger partial charge in [-0.05, 0) is 91.2 Å². The molecule has 0 aliphatic heterocycles. The number of carbonyl (C=O) groups excluding carboxylic acids is 1. The molecule has 0 radical (unpaired) electrons. The Bertz CT molecular complexity index is 572. The van der Waals surface area contributed by atoms with Crippen LogP contribution in [0.1, 0.15) is 84.5 Å². The van der Waals surface area contributed by atoms with E-state index in [1.54, 1.807) is 0 Å². The first kappa shape index (κ1) is 18.1. The molecule has 0 aromatic heterocycles. The average molecular weight is 363 g/mol. The summed E-state index contributed by atoms with van der Waals surface area (Å²) in [5.41, 5.74) is 0.335. The molecule has 3 heteroatoms. The molecular weight excluding hydrogens is 328 g/mol. The molecule has 25 heavy (non-hydrogen) atoms. The van der Waals surface area contributed by atoms with Gasteiger partial charge in [0.05, 0.1) is 6.10 Å². The molecule has 4 saturated carbocycles. The summed E-state index contributed by atoms with van der Waals surface area (Å²) in [6.45, 7) is 4.55. The minimum Gasteiger partial charge on any atom is -0.393 e. The molecule has 0 bridgehead atoms. The van der Waals surface area contributed by atoms with E-state index in [1.165, 1.54) is 37.0 Å². The van der Waals surface area contributed by atoms with Crippen LogP contribution < -0.4 is 0 Å². The van der Waals surface area contributed by atoms with Gasteiger partial charge >= 0.3 is 0 Å². The molecule has 4 fully saturated rings. The van der Waals surface area contributed by atoms with Crippen LogP contribution in [-0.2, 0) is 4.79 Å². The number of rotatable bonds is 3. The molecular formula is C22H34O2S. The molecule has 0 aromatic carbocycles. The first-order chi connectivity index (χ1) is 11.9. The summed E-state index contributed by atoms with van der Waals surface area (Å²) in [5.74, 6) is 2.65. The number of hydrogen-bond acceptors (Lipinski definition) is 3. The van der Waals surface area contributed by atoms with E-state index in [2.05, 4.69) is 13.8 Å². The minimum absolute atomic E-state index is 0.138. The summed E-state index contributed by atoms with van der Waals surface area (Å²) in [6, 6.07) is 0. The van der Waals surface area contributed by atoms with Crippen molar-refractivity contribution in [2.75, 3.05) is 0 Å². The molecule has 0 saturated heterocycles. The fourth-order valence-electron chi connectivity index (χ4n) is 7.65. The van der Waals surface area contributed by atoms with E-state index < -0.39 is 0 Å². The van der Waals surface area contributed by atoms with E-state index in [-0.39, 0.29) is 22.9 Å². The topological polar surface area (TPSA) is 37.3 Å². The summed E-state index contributed by atoms with van der Waals surface area (Å²) >= 11 is 5.63. The summed E-state index contributed by atoms with van der Waals surface area (Å²) < 4.78 is 0. The molecule has 0 aromatic rings. The molecule has 140 valence electrons. The van der Waals surface area contributed by atoms with Gasteiger partial charge in [-0.15, -0.1) is 0 Å². The van der Waals surface area contributed by atoms with Crippen molar-refractivity contribution in [3.8, 4) is 0 Å². The lowest BCUT2D eigenvalue weighted by Gasteiger charge is -2.59. The van der Waals surface area contributed by atoms with Crippen molar-refractivity contribution in [3.63, 3.8) is 0 Å². The van der Waals surface area contributed by atoms with Crippen molar-refractivity contribution < 1.29 is 9.90 Å². The van der Waals surface area contributed by atoms with Crippen LogP contribution in [0.5, 0.6) is 0 Å². The van der Waals surface area contributed by atoms with Gasteiger partial charge in [-0.1, -0.05) is 32.5 Å². The zero-order valence-electron chi connectivity index (χ0n) is 15.9. The number of fused-ring (bicyclic) bond motifs is 5. The number of aliphatic hydroxyl groups is 1. The smallest absolute Gasteiger partial charge is 0.137 e. The maximum Gasteiger partial charge on any atom is 0.137 e. The Kier molecular flexibility index (Phi) is 4.64. The highest BCUT2D eigenvalue weighted by Crippen LogP contribution is 2.66. The van der Waals surface area contributed by atoms with Crippen LogP contribution >= 0.6 is 12.2 Å². The van der Waals surface area contributed by atoms with Crippen molar-refractivity contribution in [2.24, 2.45) is 34.5 Å². The van der Waals surface area contributed by atoms with Gasteiger partial charge in [0.25, 0.3) is 0 Å². The number of Topliss-reactive ketones (excluding diaryl/α,β-unsaturated/α-hetero) is 1. The fraction of sp³-hybridized carbons (Fsp3) is 0.909. The van der Waals surface area contributed by atoms with E-state index in [9.17, 15) is 9.90 Å². The molecule has 0 spiro atoms. The Balaban J connectivity index is 1.65. The molecule has 2 nitrogen and oxygen atoms in total. The lowest BCUT2D eigenvalue weighted by molar-refractivity contribution is -0.159. The Morgan fingerprint density at radius 2 is 2.04 bits per heavy atom. The van der Waals surface area contributed by atoms with Crippen molar-refractivity contribution in [1.29, 1.82) is 0 Å². The number of carbonyl (C=O) groups is 1. The summed E-state index contributed by atoms with van der Waals surface area (Å²) in [7, 11) is 0. The number of ketones is 1. The van der Waals surface area contributed by atoms with Crippen molar-refractivity contribution >= 4 is 22.9 Å². The zero-order chi connectivity index (χ0) is 17.8. The molecule has 0 heterocycles. The average Bonchev–Trinajstić information content (AvgIpc) is 2.98. The maximum atomic E-state index is 13.5. The largest absolute Gasteiger partial charge is 0.393 e. The fourth-order valence-corrected chi connectivity index (χ4v) is 7.94. The van der Waals surface area contributed by atoms with Crippen LogP contribution in [0.15, 0.2) is 0 Å². The lowest BCUT2D eigenvalue weighted by atomic mass is 9.44. The predicted octanol–water partition coefficient (Wildman–Crippen LogP) is 5.11. The van der Waals surface area contributed by atoms with Crippen molar-refractivity contribution in [1.82, 2.24) is 0 Å². The number of thiocarbonyl (C=S) groups is 1. The first-order valence-corrected chi connectivity index (χ1v) is 11.0. The molecule has 0 unspecified atom stereocenters. The van der Waals surface area contributed by atoms with Crippen LogP contribution in [0.3, 0.4) is 0 Å². The van der Waals surface area contributed by atoms with Crippen molar-refractivity contribution in [3.05, 3.63) is 0 Å². The molecule has 1 N–H and O–H groups in total. The minimum atomic E-state index is -0.138. The summed E-state index contributed by atoms with van der Waals surface area (Å²) in [4.78, 5) is 14.7. The Morgan fingerprint density at radius 1 is 1.24 bits per heavy atom. The third-order valence-electron chi connectivity index (χ3n) is 8.80. The highest BCUT2D eigenvalue weighted by atomic mass is 32.1. The maximum absolute atomic E-state index is 13.5. The Labute approximate surface area is 158 Å². The molecule has 4 aliphatic carbocycles. The second-order valence-electron chi connectivity index (χ2n) is 9.92. The highest BCUT2D eigenvalue weighted by Gasteiger charge is 2.62.